The normalized spacial score (nSPS) is 10.0. The van der Waals surface area contributed by atoms with Gasteiger partial charge in [-0.05, 0) is 54.6 Å². The Balaban J connectivity index is 0.00000163. The van der Waals surface area contributed by atoms with Crippen molar-refractivity contribution in [1.82, 2.24) is 0 Å². The second kappa shape index (κ2) is 12.2. The van der Waals surface area contributed by atoms with E-state index in [1.54, 1.807) is 6.07 Å². The van der Waals surface area contributed by atoms with Crippen molar-refractivity contribution < 1.29 is 4.39 Å². The average molecular weight is 431 g/mol. The Morgan fingerprint density at radius 3 is 2.35 bits per heavy atom. The maximum atomic E-state index is 13.6. The van der Waals surface area contributed by atoms with E-state index in [9.17, 15) is 4.39 Å². The molecule has 0 aliphatic heterocycles. The molecule has 9 heteroatoms. The maximum absolute atomic E-state index is 13.6. The van der Waals surface area contributed by atoms with E-state index in [-0.39, 0.29) is 11.0 Å². The van der Waals surface area contributed by atoms with Gasteiger partial charge in [0.1, 0.15) is 5.82 Å². The minimum absolute atomic E-state index is 0.00442. The lowest BCUT2D eigenvalue weighted by atomic mass is 10.2. The van der Waals surface area contributed by atoms with Crippen LogP contribution in [0, 0.1) is 16.6 Å². The van der Waals surface area contributed by atoms with Crippen LogP contribution in [-0.4, -0.2) is 17.8 Å². The van der Waals surface area contributed by atoms with Gasteiger partial charge in [0.2, 0.25) is 0 Å². The summed E-state index contributed by atoms with van der Waals surface area (Å²) in [7, 11) is 1.50. The van der Waals surface area contributed by atoms with E-state index in [2.05, 4.69) is 5.73 Å². The van der Waals surface area contributed by atoms with Crippen LogP contribution in [0.15, 0.2) is 46.2 Å². The van der Waals surface area contributed by atoms with Gasteiger partial charge in [-0.15, -0.1) is 11.8 Å². The van der Waals surface area contributed by atoms with Crippen molar-refractivity contribution in [1.29, 1.82) is 10.8 Å². The third kappa shape index (κ3) is 7.59. The lowest BCUT2D eigenvalue weighted by Crippen LogP contribution is -2.04. The lowest BCUT2D eigenvalue weighted by molar-refractivity contribution is 0.625. The fraction of sp³-hybridized carbons (Fsp3) is 0.176. The zero-order valence-corrected chi connectivity index (χ0v) is 17.3. The Bertz CT molecular complexity index is 759. The molecule has 0 spiro atoms. The standard InChI is InChI=1S/C16H15ClFN3S3.CH5N/c17-12-1-3-14(10(5-12)7-22-9-19)24-15-4-2-13(18)6-11(15)8-23-16(20)21;1-2/h1-6,9,19H,7-8H2,(H3,20,21);2H2,1H3. The number of hydrogen-bond donors (Lipinski definition) is 4. The molecular weight excluding hydrogens is 411 g/mol. The molecule has 4 nitrogen and oxygen atoms in total. The number of halogens is 2. The molecule has 0 unspecified atom stereocenters. The van der Waals surface area contributed by atoms with E-state index < -0.39 is 0 Å². The molecule has 140 valence electrons. The van der Waals surface area contributed by atoms with Crippen LogP contribution in [0.2, 0.25) is 5.02 Å². The second-order valence-electron chi connectivity index (χ2n) is 4.69. The van der Waals surface area contributed by atoms with Crippen molar-refractivity contribution in [3.05, 3.63) is 58.4 Å². The van der Waals surface area contributed by atoms with Crippen LogP contribution in [0.5, 0.6) is 0 Å². The van der Waals surface area contributed by atoms with Gasteiger partial charge in [-0.1, -0.05) is 35.1 Å². The molecule has 0 saturated heterocycles. The van der Waals surface area contributed by atoms with Gasteiger partial charge in [0.25, 0.3) is 0 Å². The van der Waals surface area contributed by atoms with Crippen molar-refractivity contribution in [3.8, 4) is 0 Å². The van der Waals surface area contributed by atoms with Crippen LogP contribution in [0.1, 0.15) is 11.1 Å². The highest BCUT2D eigenvalue weighted by atomic mass is 35.5. The van der Waals surface area contributed by atoms with Crippen LogP contribution < -0.4 is 11.5 Å². The Labute approximate surface area is 170 Å². The molecule has 0 aliphatic rings. The predicted molar refractivity (Wildman–Crippen MR) is 115 cm³/mol. The molecular formula is C17H20ClFN4S3. The topological polar surface area (TPSA) is 99.7 Å². The van der Waals surface area contributed by atoms with Gasteiger partial charge in [0, 0.05) is 26.3 Å². The monoisotopic (exact) mass is 430 g/mol. The zero-order valence-electron chi connectivity index (χ0n) is 14.1. The first-order valence-corrected chi connectivity index (χ1v) is 10.6. The molecule has 26 heavy (non-hydrogen) atoms. The van der Waals surface area contributed by atoms with Crippen molar-refractivity contribution in [2.45, 2.75) is 21.3 Å². The van der Waals surface area contributed by atoms with Gasteiger partial charge in [0.05, 0.1) is 5.55 Å². The van der Waals surface area contributed by atoms with Gasteiger partial charge in [-0.3, -0.25) is 5.41 Å². The van der Waals surface area contributed by atoms with E-state index >= 15 is 0 Å². The molecule has 0 heterocycles. The quantitative estimate of drug-likeness (QED) is 0.358. The summed E-state index contributed by atoms with van der Waals surface area (Å²) >= 11 is 10.1. The summed E-state index contributed by atoms with van der Waals surface area (Å²) < 4.78 is 13.6. The number of benzene rings is 2. The van der Waals surface area contributed by atoms with Crippen molar-refractivity contribution in [2.24, 2.45) is 11.5 Å². The van der Waals surface area contributed by atoms with E-state index in [0.29, 0.717) is 16.5 Å². The fourth-order valence-electron chi connectivity index (χ4n) is 1.93. The molecule has 6 N–H and O–H groups in total. The molecule has 0 aliphatic carbocycles. The first-order chi connectivity index (χ1) is 12.5. The second-order valence-corrected chi connectivity index (χ2v) is 8.08. The Kier molecular flexibility index (Phi) is 10.8. The average Bonchev–Trinajstić information content (AvgIpc) is 2.63. The molecule has 0 saturated carbocycles. The maximum Gasteiger partial charge on any atom is 0.151 e. The molecule has 2 aromatic carbocycles. The number of rotatable bonds is 7. The number of nitrogens with two attached hydrogens (primary N) is 2. The number of thioether (sulfide) groups is 2. The van der Waals surface area contributed by atoms with E-state index in [4.69, 9.17) is 28.2 Å². The molecule has 0 radical (unpaired) electrons. The molecule has 2 rings (SSSR count). The van der Waals surface area contributed by atoms with Gasteiger partial charge in [-0.2, -0.15) is 0 Å². The molecule has 0 atom stereocenters. The third-order valence-corrected chi connectivity index (χ3v) is 5.85. The summed E-state index contributed by atoms with van der Waals surface area (Å²) in [6, 6.07) is 10.3. The smallest absolute Gasteiger partial charge is 0.151 e. The van der Waals surface area contributed by atoms with Gasteiger partial charge >= 0.3 is 0 Å². The SMILES string of the molecule is CN.N=CSCc1cc(Cl)ccc1Sc1ccc(F)cc1CSC(=N)N. The largest absolute Gasteiger partial charge is 0.379 e. The van der Waals surface area contributed by atoms with Gasteiger partial charge < -0.3 is 16.9 Å². The molecule has 0 fully saturated rings. The van der Waals surface area contributed by atoms with Crippen molar-refractivity contribution in [3.63, 3.8) is 0 Å². The number of nitrogens with one attached hydrogen (secondary N) is 2. The van der Waals surface area contributed by atoms with Gasteiger partial charge in [-0.25, -0.2) is 4.39 Å². The summed E-state index contributed by atoms with van der Waals surface area (Å²) in [6.07, 6.45) is 0. The third-order valence-electron chi connectivity index (χ3n) is 2.97. The minimum Gasteiger partial charge on any atom is -0.379 e. The van der Waals surface area contributed by atoms with E-state index in [1.807, 2.05) is 18.2 Å². The summed E-state index contributed by atoms with van der Waals surface area (Å²) in [4.78, 5) is 1.92. The number of hydrogen-bond acceptors (Lipinski definition) is 6. The Hall–Kier alpha value is -1.19. The zero-order chi connectivity index (χ0) is 19.5. The van der Waals surface area contributed by atoms with E-state index in [0.717, 1.165) is 32.7 Å². The highest BCUT2D eigenvalue weighted by molar-refractivity contribution is 8.13. The highest BCUT2D eigenvalue weighted by Crippen LogP contribution is 2.36. The highest BCUT2D eigenvalue weighted by Gasteiger charge is 2.11. The van der Waals surface area contributed by atoms with Crippen molar-refractivity contribution in [2.75, 3.05) is 7.05 Å². The van der Waals surface area contributed by atoms with Gasteiger partial charge in [0.15, 0.2) is 5.17 Å². The van der Waals surface area contributed by atoms with Crippen LogP contribution in [0.25, 0.3) is 0 Å². The molecule has 2 aromatic rings. The summed E-state index contributed by atoms with van der Waals surface area (Å²) in [6.45, 7) is 0. The molecule has 0 aromatic heterocycles. The minimum atomic E-state index is -0.311. The fourth-order valence-corrected chi connectivity index (χ4v) is 4.39. The predicted octanol–water partition coefficient (Wildman–Crippen LogP) is 5.17. The van der Waals surface area contributed by atoms with Crippen LogP contribution in [0.4, 0.5) is 4.39 Å². The Morgan fingerprint density at radius 2 is 1.73 bits per heavy atom. The summed E-state index contributed by atoms with van der Waals surface area (Å²) in [5.74, 6) is 0.771. The molecule has 0 bridgehead atoms. The summed E-state index contributed by atoms with van der Waals surface area (Å²) in [5.41, 5.74) is 13.0. The first kappa shape index (κ1) is 22.9. The van der Waals surface area contributed by atoms with Crippen LogP contribution >= 0.6 is 46.9 Å². The summed E-state index contributed by atoms with van der Waals surface area (Å²) in [5, 5.41) is 15.1. The van der Waals surface area contributed by atoms with Crippen molar-refractivity contribution >= 4 is 57.6 Å². The Morgan fingerprint density at radius 1 is 1.12 bits per heavy atom. The van der Waals surface area contributed by atoms with E-state index in [1.165, 1.54) is 48.3 Å². The first-order valence-electron chi connectivity index (χ1n) is 7.39. The number of amidine groups is 1. The molecule has 0 amide bonds. The van der Waals surface area contributed by atoms with Crippen LogP contribution in [0.3, 0.4) is 0 Å². The lowest BCUT2D eigenvalue weighted by Gasteiger charge is -2.12. The van der Waals surface area contributed by atoms with Crippen LogP contribution in [-0.2, 0) is 11.5 Å².